The van der Waals surface area contributed by atoms with Gasteiger partial charge in [0, 0.05) is 17.6 Å². The van der Waals surface area contributed by atoms with Crippen LogP contribution in [-0.2, 0) is 12.7 Å². The number of nitrogens with zero attached hydrogens (tertiary/aromatic N) is 3. The van der Waals surface area contributed by atoms with Crippen molar-refractivity contribution in [1.82, 2.24) is 14.5 Å². The Hall–Kier alpha value is -1.64. The molecule has 2 aromatic heterocycles. The normalized spacial score (nSPS) is 11.7. The smallest absolute Gasteiger partial charge is 0.360 e. The molecule has 2 heterocycles. The van der Waals surface area contributed by atoms with E-state index in [0.29, 0.717) is 17.3 Å². The maximum absolute atomic E-state index is 12.1. The van der Waals surface area contributed by atoms with Gasteiger partial charge in [-0.2, -0.15) is 22.5 Å². The molecule has 0 unspecified atom stereocenters. The van der Waals surface area contributed by atoms with E-state index in [9.17, 15) is 13.2 Å². The molecule has 0 saturated heterocycles. The van der Waals surface area contributed by atoms with Gasteiger partial charge in [-0.15, -0.1) is 0 Å². The zero-order valence-corrected chi connectivity index (χ0v) is 8.47. The molecular formula is C7H5F3N4OS. The molecule has 0 spiro atoms. The van der Waals surface area contributed by atoms with Gasteiger partial charge in [0.15, 0.2) is 5.76 Å². The summed E-state index contributed by atoms with van der Waals surface area (Å²) < 4.78 is 44.4. The summed E-state index contributed by atoms with van der Waals surface area (Å²) in [5.41, 5.74) is 0. The Morgan fingerprint density at radius 1 is 1.44 bits per heavy atom. The van der Waals surface area contributed by atoms with E-state index >= 15 is 0 Å². The Balaban J connectivity index is 1.98. The van der Waals surface area contributed by atoms with Gasteiger partial charge >= 0.3 is 6.18 Å². The molecule has 0 aliphatic carbocycles. The standard InChI is InChI=1S/C7H5F3N4OS/c8-7(9,10)5-13-6(16-14-5)11-3-4-1-2-12-15-4/h1-2H,3H2,(H,11,13,14). The van der Waals surface area contributed by atoms with Crippen LogP contribution < -0.4 is 5.32 Å². The van der Waals surface area contributed by atoms with E-state index in [0.717, 1.165) is 0 Å². The summed E-state index contributed by atoms with van der Waals surface area (Å²) in [6.45, 7) is 0.215. The van der Waals surface area contributed by atoms with E-state index in [-0.39, 0.29) is 11.7 Å². The number of hydrogen-bond acceptors (Lipinski definition) is 6. The molecule has 2 aromatic rings. The van der Waals surface area contributed by atoms with Crippen molar-refractivity contribution < 1.29 is 17.7 Å². The molecule has 9 heteroatoms. The number of aromatic nitrogens is 3. The summed E-state index contributed by atoms with van der Waals surface area (Å²) in [4.78, 5) is 3.29. The quantitative estimate of drug-likeness (QED) is 0.904. The fourth-order valence-electron chi connectivity index (χ4n) is 0.906. The Labute approximate surface area is 91.5 Å². The fourth-order valence-corrected chi connectivity index (χ4v) is 1.49. The van der Waals surface area contributed by atoms with Crippen molar-refractivity contribution in [2.45, 2.75) is 12.7 Å². The van der Waals surface area contributed by atoms with Crippen LogP contribution in [0.2, 0.25) is 0 Å². The Morgan fingerprint density at radius 2 is 2.25 bits per heavy atom. The SMILES string of the molecule is FC(F)(F)c1nsc(NCc2ccno2)n1. The van der Waals surface area contributed by atoms with Gasteiger partial charge in [0.25, 0.3) is 0 Å². The number of rotatable bonds is 3. The van der Waals surface area contributed by atoms with E-state index < -0.39 is 12.0 Å². The van der Waals surface area contributed by atoms with Gasteiger partial charge in [-0.3, -0.25) is 0 Å². The Kier molecular flexibility index (Phi) is 2.77. The van der Waals surface area contributed by atoms with Crippen molar-refractivity contribution in [2.75, 3.05) is 5.32 Å². The highest BCUT2D eigenvalue weighted by Gasteiger charge is 2.36. The molecule has 0 aromatic carbocycles. The van der Waals surface area contributed by atoms with E-state index in [1.165, 1.54) is 6.20 Å². The molecular weight excluding hydrogens is 245 g/mol. The summed E-state index contributed by atoms with van der Waals surface area (Å²) in [5.74, 6) is -0.638. The maximum atomic E-state index is 12.1. The van der Waals surface area contributed by atoms with Crippen molar-refractivity contribution in [3.8, 4) is 0 Å². The number of nitrogens with one attached hydrogen (secondary N) is 1. The minimum Gasteiger partial charge on any atom is -0.360 e. The molecule has 5 nitrogen and oxygen atoms in total. The van der Waals surface area contributed by atoms with E-state index in [4.69, 9.17) is 4.52 Å². The van der Waals surface area contributed by atoms with Crippen molar-refractivity contribution in [2.24, 2.45) is 0 Å². The number of anilines is 1. The van der Waals surface area contributed by atoms with Crippen LogP contribution in [0.5, 0.6) is 0 Å². The summed E-state index contributed by atoms with van der Waals surface area (Å²) >= 11 is 0.644. The van der Waals surface area contributed by atoms with Crippen LogP contribution in [0.4, 0.5) is 18.3 Å². The average molecular weight is 250 g/mol. The van der Waals surface area contributed by atoms with Crippen LogP contribution in [-0.4, -0.2) is 14.5 Å². The van der Waals surface area contributed by atoms with E-state index in [1.54, 1.807) is 6.07 Å². The van der Waals surface area contributed by atoms with Gasteiger partial charge in [0.2, 0.25) is 11.0 Å². The highest BCUT2D eigenvalue weighted by Crippen LogP contribution is 2.28. The second kappa shape index (κ2) is 4.08. The third-order valence-electron chi connectivity index (χ3n) is 1.58. The molecule has 0 aliphatic heterocycles. The second-order valence-electron chi connectivity index (χ2n) is 2.75. The minimum absolute atomic E-state index is 0.0868. The molecule has 2 rings (SSSR count). The molecule has 86 valence electrons. The third-order valence-corrected chi connectivity index (χ3v) is 2.26. The monoisotopic (exact) mass is 250 g/mol. The van der Waals surface area contributed by atoms with Crippen LogP contribution >= 0.6 is 11.5 Å². The molecule has 16 heavy (non-hydrogen) atoms. The first-order chi connectivity index (χ1) is 7.55. The first kappa shape index (κ1) is 10.9. The van der Waals surface area contributed by atoms with Crippen LogP contribution in [0.3, 0.4) is 0 Å². The molecule has 0 atom stereocenters. The van der Waals surface area contributed by atoms with Gasteiger partial charge < -0.3 is 9.84 Å². The van der Waals surface area contributed by atoms with Gasteiger partial charge in [-0.1, -0.05) is 5.16 Å². The minimum atomic E-state index is -4.51. The fraction of sp³-hybridized carbons (Fsp3) is 0.286. The highest BCUT2D eigenvalue weighted by molar-refractivity contribution is 7.09. The van der Waals surface area contributed by atoms with Gasteiger partial charge in [-0.25, -0.2) is 0 Å². The van der Waals surface area contributed by atoms with Gasteiger partial charge in [0.1, 0.15) is 0 Å². The highest BCUT2D eigenvalue weighted by atomic mass is 32.1. The lowest BCUT2D eigenvalue weighted by Crippen LogP contribution is -2.07. The number of halogens is 3. The van der Waals surface area contributed by atoms with Crippen molar-refractivity contribution in [1.29, 1.82) is 0 Å². The van der Waals surface area contributed by atoms with Crippen molar-refractivity contribution in [3.63, 3.8) is 0 Å². The van der Waals surface area contributed by atoms with Gasteiger partial charge in [-0.05, 0) is 0 Å². The second-order valence-corrected chi connectivity index (χ2v) is 3.51. The zero-order chi connectivity index (χ0) is 11.6. The van der Waals surface area contributed by atoms with Crippen LogP contribution in [0.1, 0.15) is 11.6 Å². The summed E-state index contributed by atoms with van der Waals surface area (Å²) in [7, 11) is 0. The number of hydrogen-bond donors (Lipinski definition) is 1. The average Bonchev–Trinajstić information content (AvgIpc) is 2.85. The predicted octanol–water partition coefficient (Wildman–Crippen LogP) is 2.16. The molecule has 0 aliphatic rings. The third kappa shape index (κ3) is 2.48. The number of alkyl halides is 3. The first-order valence-electron chi connectivity index (χ1n) is 4.10. The molecule has 0 radical (unpaired) electrons. The molecule has 0 amide bonds. The summed E-state index contributed by atoms with van der Waals surface area (Å²) in [5, 5.41) is 6.19. The van der Waals surface area contributed by atoms with E-state index in [1.807, 2.05) is 0 Å². The van der Waals surface area contributed by atoms with Crippen LogP contribution in [0, 0.1) is 0 Å². The topological polar surface area (TPSA) is 63.8 Å². The molecule has 0 fully saturated rings. The summed E-state index contributed by atoms with van der Waals surface area (Å²) in [6.07, 6.45) is -3.07. The van der Waals surface area contributed by atoms with Crippen molar-refractivity contribution in [3.05, 3.63) is 23.8 Å². The largest absolute Gasteiger partial charge is 0.452 e. The van der Waals surface area contributed by atoms with E-state index in [2.05, 4.69) is 19.8 Å². The summed E-state index contributed by atoms with van der Waals surface area (Å²) in [6, 6.07) is 1.60. The molecule has 0 saturated carbocycles. The Morgan fingerprint density at radius 3 is 2.81 bits per heavy atom. The lowest BCUT2D eigenvalue weighted by Gasteiger charge is -1.98. The van der Waals surface area contributed by atoms with Gasteiger partial charge in [0.05, 0.1) is 12.7 Å². The zero-order valence-electron chi connectivity index (χ0n) is 7.65. The Bertz CT molecular complexity index is 452. The molecule has 0 bridgehead atoms. The predicted molar refractivity (Wildman–Crippen MR) is 48.7 cm³/mol. The maximum Gasteiger partial charge on any atom is 0.452 e. The van der Waals surface area contributed by atoms with Crippen LogP contribution in [0.25, 0.3) is 0 Å². The van der Waals surface area contributed by atoms with Crippen LogP contribution in [0.15, 0.2) is 16.8 Å². The lowest BCUT2D eigenvalue weighted by atomic mass is 10.5. The first-order valence-corrected chi connectivity index (χ1v) is 4.87. The molecule has 1 N–H and O–H groups in total. The lowest BCUT2D eigenvalue weighted by molar-refractivity contribution is -0.144. The van der Waals surface area contributed by atoms with Crippen molar-refractivity contribution >= 4 is 16.7 Å².